The first-order valence-corrected chi connectivity index (χ1v) is 7.05. The summed E-state index contributed by atoms with van der Waals surface area (Å²) in [4.78, 5) is 8.78. The molecule has 0 spiro atoms. The number of aromatic nitrogens is 2. The minimum atomic E-state index is 0.246. The molecule has 0 atom stereocenters. The van der Waals surface area contributed by atoms with Gasteiger partial charge in [0.15, 0.2) is 5.82 Å². The van der Waals surface area contributed by atoms with E-state index < -0.39 is 0 Å². The molecule has 1 rings (SSSR count). The summed E-state index contributed by atoms with van der Waals surface area (Å²) in [7, 11) is 1.58. The molecule has 0 aliphatic carbocycles. The SMILES string of the molecule is CCCCCCNc1nc(C(C)C)nc(OC)c1N. The van der Waals surface area contributed by atoms with Crippen molar-refractivity contribution in [1.29, 1.82) is 0 Å². The third-order valence-corrected chi connectivity index (χ3v) is 2.96. The second-order valence-electron chi connectivity index (χ2n) is 5.00. The van der Waals surface area contributed by atoms with E-state index in [2.05, 4.69) is 36.1 Å². The van der Waals surface area contributed by atoms with E-state index in [1.165, 1.54) is 19.3 Å². The van der Waals surface area contributed by atoms with E-state index in [4.69, 9.17) is 10.5 Å². The molecule has 0 fully saturated rings. The van der Waals surface area contributed by atoms with Gasteiger partial charge in [0.05, 0.1) is 7.11 Å². The van der Waals surface area contributed by atoms with Crippen LogP contribution >= 0.6 is 0 Å². The molecule has 0 aliphatic heterocycles. The van der Waals surface area contributed by atoms with Crippen LogP contribution in [0.3, 0.4) is 0 Å². The lowest BCUT2D eigenvalue weighted by Gasteiger charge is -2.14. The molecule has 0 saturated carbocycles. The Balaban J connectivity index is 2.72. The Bertz CT molecular complexity index is 393. The quantitative estimate of drug-likeness (QED) is 0.707. The maximum Gasteiger partial charge on any atom is 0.242 e. The van der Waals surface area contributed by atoms with Gasteiger partial charge >= 0.3 is 0 Å². The summed E-state index contributed by atoms with van der Waals surface area (Å²) < 4.78 is 5.21. The molecule has 0 bridgehead atoms. The van der Waals surface area contributed by atoms with Gasteiger partial charge < -0.3 is 15.8 Å². The van der Waals surface area contributed by atoms with Crippen LogP contribution in [0.5, 0.6) is 5.88 Å². The highest BCUT2D eigenvalue weighted by Crippen LogP contribution is 2.27. The molecule has 19 heavy (non-hydrogen) atoms. The second kappa shape index (κ2) is 7.81. The van der Waals surface area contributed by atoms with E-state index >= 15 is 0 Å². The average molecular weight is 266 g/mol. The number of hydrogen-bond donors (Lipinski definition) is 2. The number of hydrogen-bond acceptors (Lipinski definition) is 5. The molecular weight excluding hydrogens is 240 g/mol. The summed E-state index contributed by atoms with van der Waals surface area (Å²) in [6, 6.07) is 0. The Morgan fingerprint density at radius 3 is 2.53 bits per heavy atom. The average Bonchev–Trinajstić information content (AvgIpc) is 2.40. The van der Waals surface area contributed by atoms with Crippen LogP contribution in [0.15, 0.2) is 0 Å². The van der Waals surface area contributed by atoms with E-state index in [0.29, 0.717) is 17.4 Å². The third kappa shape index (κ3) is 4.58. The third-order valence-electron chi connectivity index (χ3n) is 2.96. The van der Waals surface area contributed by atoms with Crippen molar-refractivity contribution in [2.24, 2.45) is 0 Å². The highest BCUT2D eigenvalue weighted by atomic mass is 16.5. The molecule has 0 radical (unpaired) electrons. The van der Waals surface area contributed by atoms with Crippen LogP contribution in [0, 0.1) is 0 Å². The molecule has 0 aliphatic rings. The molecule has 1 aromatic rings. The van der Waals surface area contributed by atoms with E-state index in [1.54, 1.807) is 7.11 Å². The van der Waals surface area contributed by atoms with Crippen LogP contribution in [0.1, 0.15) is 58.2 Å². The predicted molar refractivity (Wildman–Crippen MR) is 79.7 cm³/mol. The van der Waals surface area contributed by atoms with Crippen molar-refractivity contribution < 1.29 is 4.74 Å². The van der Waals surface area contributed by atoms with Crippen molar-refractivity contribution >= 4 is 11.5 Å². The van der Waals surface area contributed by atoms with Crippen LogP contribution in [-0.2, 0) is 0 Å². The van der Waals surface area contributed by atoms with Gasteiger partial charge in [0.1, 0.15) is 11.5 Å². The molecule has 5 heteroatoms. The number of methoxy groups -OCH3 is 1. The van der Waals surface area contributed by atoms with Gasteiger partial charge in [-0.3, -0.25) is 0 Å². The highest BCUT2D eigenvalue weighted by Gasteiger charge is 2.13. The number of ether oxygens (including phenoxy) is 1. The molecule has 108 valence electrons. The second-order valence-corrected chi connectivity index (χ2v) is 5.00. The Morgan fingerprint density at radius 2 is 1.95 bits per heavy atom. The lowest BCUT2D eigenvalue weighted by atomic mass is 10.2. The van der Waals surface area contributed by atoms with Crippen LogP contribution in [-0.4, -0.2) is 23.6 Å². The summed E-state index contributed by atoms with van der Waals surface area (Å²) >= 11 is 0. The highest BCUT2D eigenvalue weighted by molar-refractivity contribution is 5.66. The van der Waals surface area contributed by atoms with E-state index in [0.717, 1.165) is 18.8 Å². The van der Waals surface area contributed by atoms with Gasteiger partial charge in [0.25, 0.3) is 0 Å². The molecule has 0 amide bonds. The Kier molecular flexibility index (Phi) is 6.39. The minimum Gasteiger partial charge on any atom is -0.479 e. The van der Waals surface area contributed by atoms with Crippen molar-refractivity contribution in [1.82, 2.24) is 9.97 Å². The van der Waals surface area contributed by atoms with Crippen LogP contribution < -0.4 is 15.8 Å². The molecule has 0 aromatic carbocycles. The van der Waals surface area contributed by atoms with E-state index in [9.17, 15) is 0 Å². The maximum absolute atomic E-state index is 5.99. The number of unbranched alkanes of at least 4 members (excludes halogenated alkanes) is 3. The van der Waals surface area contributed by atoms with Crippen molar-refractivity contribution in [3.63, 3.8) is 0 Å². The lowest BCUT2D eigenvalue weighted by molar-refractivity contribution is 0.396. The number of anilines is 2. The number of nitrogens with one attached hydrogen (secondary N) is 1. The first-order chi connectivity index (χ1) is 9.10. The topological polar surface area (TPSA) is 73.1 Å². The van der Waals surface area contributed by atoms with Gasteiger partial charge in [0.2, 0.25) is 5.88 Å². The summed E-state index contributed by atoms with van der Waals surface area (Å²) in [5.74, 6) is 2.14. The molecule has 5 nitrogen and oxygen atoms in total. The first-order valence-electron chi connectivity index (χ1n) is 7.05. The Hall–Kier alpha value is -1.52. The standard InChI is InChI=1S/C14H26N4O/c1-5-6-7-8-9-16-13-11(15)14(19-4)18-12(17-13)10(2)3/h10H,5-9,15H2,1-4H3,(H,16,17,18). The Morgan fingerprint density at radius 1 is 1.21 bits per heavy atom. The van der Waals surface area contributed by atoms with Gasteiger partial charge in [-0.25, -0.2) is 4.98 Å². The Labute approximate surface area is 116 Å². The summed E-state index contributed by atoms with van der Waals surface area (Å²) in [5, 5.41) is 3.29. The number of rotatable bonds is 8. The zero-order valence-electron chi connectivity index (χ0n) is 12.5. The smallest absolute Gasteiger partial charge is 0.242 e. The van der Waals surface area contributed by atoms with Crippen LogP contribution in [0.4, 0.5) is 11.5 Å². The van der Waals surface area contributed by atoms with Gasteiger partial charge in [-0.15, -0.1) is 0 Å². The summed E-state index contributed by atoms with van der Waals surface area (Å²) in [5.41, 5.74) is 6.48. The number of nitrogen functional groups attached to an aromatic ring is 1. The maximum atomic E-state index is 5.99. The predicted octanol–water partition coefficient (Wildman–Crippen LogP) is 3.18. The van der Waals surface area contributed by atoms with Gasteiger partial charge in [0, 0.05) is 12.5 Å². The summed E-state index contributed by atoms with van der Waals surface area (Å²) in [6.07, 6.45) is 4.85. The monoisotopic (exact) mass is 266 g/mol. The van der Waals surface area contributed by atoms with Crippen molar-refractivity contribution in [2.45, 2.75) is 52.4 Å². The van der Waals surface area contributed by atoms with Crippen molar-refractivity contribution in [2.75, 3.05) is 24.7 Å². The molecule has 1 aromatic heterocycles. The van der Waals surface area contributed by atoms with E-state index in [-0.39, 0.29) is 5.92 Å². The molecule has 0 saturated heterocycles. The molecule has 1 heterocycles. The fourth-order valence-corrected chi connectivity index (χ4v) is 1.77. The number of nitrogens with zero attached hydrogens (tertiary/aromatic N) is 2. The van der Waals surface area contributed by atoms with Gasteiger partial charge in [-0.1, -0.05) is 40.0 Å². The molecule has 0 unspecified atom stereocenters. The lowest BCUT2D eigenvalue weighted by Crippen LogP contribution is -2.11. The van der Waals surface area contributed by atoms with Gasteiger partial charge in [-0.2, -0.15) is 4.98 Å². The minimum absolute atomic E-state index is 0.246. The molecular formula is C14H26N4O. The zero-order chi connectivity index (χ0) is 14.3. The first kappa shape index (κ1) is 15.5. The zero-order valence-corrected chi connectivity index (χ0v) is 12.5. The van der Waals surface area contributed by atoms with Crippen LogP contribution in [0.2, 0.25) is 0 Å². The summed E-state index contributed by atoms with van der Waals surface area (Å²) in [6.45, 7) is 7.18. The van der Waals surface area contributed by atoms with Gasteiger partial charge in [-0.05, 0) is 6.42 Å². The van der Waals surface area contributed by atoms with E-state index in [1.807, 2.05) is 0 Å². The molecule has 3 N–H and O–H groups in total. The fraction of sp³-hybridized carbons (Fsp3) is 0.714. The largest absolute Gasteiger partial charge is 0.479 e. The van der Waals surface area contributed by atoms with Crippen molar-refractivity contribution in [3.8, 4) is 5.88 Å². The fourth-order valence-electron chi connectivity index (χ4n) is 1.77. The normalized spacial score (nSPS) is 10.8. The van der Waals surface area contributed by atoms with Crippen molar-refractivity contribution in [3.05, 3.63) is 5.82 Å². The number of nitrogens with two attached hydrogens (primary N) is 1. The van der Waals surface area contributed by atoms with Crippen LogP contribution in [0.25, 0.3) is 0 Å².